The number of nitrogens with two attached hydrogens (primary N) is 1. The van der Waals surface area contributed by atoms with Gasteiger partial charge in [0.2, 0.25) is 5.91 Å². The van der Waals surface area contributed by atoms with Crippen molar-refractivity contribution in [2.45, 2.75) is 46.7 Å². The minimum Gasteiger partial charge on any atom is -0.399 e. The van der Waals surface area contributed by atoms with Gasteiger partial charge in [-0.05, 0) is 63.4 Å². The van der Waals surface area contributed by atoms with Crippen LogP contribution < -0.4 is 16.6 Å². The van der Waals surface area contributed by atoms with E-state index in [1.54, 1.807) is 13.8 Å². The maximum absolute atomic E-state index is 12.7. The Morgan fingerprint density at radius 2 is 1.69 bits per heavy atom. The predicted octanol–water partition coefficient (Wildman–Crippen LogP) is 3.50. The molecular weight excluding hydrogens is 375 g/mol. The van der Waals surface area contributed by atoms with Crippen molar-refractivity contribution in [2.75, 3.05) is 5.73 Å². The molecule has 3 N–H and O–H groups in total. The lowest BCUT2D eigenvalue weighted by atomic mass is 9.96. The van der Waals surface area contributed by atoms with Gasteiger partial charge in [-0.2, -0.15) is 0 Å². The number of hydrogen-bond donors (Lipinski definition) is 2. The van der Waals surface area contributed by atoms with Crippen molar-refractivity contribution in [3.8, 4) is 0 Å². The number of aryl methyl sites for hydroxylation is 2. The SMILES string of the molecule is Cc1cc(N)cc(C)c1C(C)NC(=O)C(C)n1c(C)c(Cl)nc(Cl)c1=O. The smallest absolute Gasteiger partial charge is 0.289 e. The van der Waals surface area contributed by atoms with Crippen LogP contribution >= 0.6 is 23.2 Å². The van der Waals surface area contributed by atoms with Crippen molar-refractivity contribution in [1.29, 1.82) is 0 Å². The molecule has 1 aromatic carbocycles. The minimum atomic E-state index is -0.794. The highest BCUT2D eigenvalue weighted by molar-refractivity contribution is 6.32. The van der Waals surface area contributed by atoms with E-state index in [0.29, 0.717) is 11.4 Å². The van der Waals surface area contributed by atoms with Crippen LogP contribution in [0.1, 0.15) is 48.3 Å². The molecule has 26 heavy (non-hydrogen) atoms. The summed E-state index contributed by atoms with van der Waals surface area (Å²) >= 11 is 11.8. The first-order chi connectivity index (χ1) is 12.0. The fourth-order valence-electron chi connectivity index (χ4n) is 3.25. The molecule has 6 nitrogen and oxygen atoms in total. The number of amides is 1. The van der Waals surface area contributed by atoms with Crippen LogP contribution in [-0.4, -0.2) is 15.5 Å². The van der Waals surface area contributed by atoms with Crippen molar-refractivity contribution < 1.29 is 4.79 Å². The molecule has 0 saturated heterocycles. The number of hydrogen-bond acceptors (Lipinski definition) is 4. The Kier molecular flexibility index (Phi) is 5.98. The molecule has 2 unspecified atom stereocenters. The van der Waals surface area contributed by atoms with Gasteiger partial charge in [0.25, 0.3) is 5.56 Å². The summed E-state index contributed by atoms with van der Waals surface area (Å²) in [5.41, 5.74) is 9.35. The molecular formula is C18H22Cl2N4O2. The lowest BCUT2D eigenvalue weighted by molar-refractivity contribution is -0.124. The number of rotatable bonds is 4. The molecule has 0 saturated carbocycles. The molecule has 1 heterocycles. The number of carbonyl (C=O) groups is 1. The van der Waals surface area contributed by atoms with Crippen LogP contribution in [0.2, 0.25) is 10.3 Å². The first-order valence-electron chi connectivity index (χ1n) is 8.15. The summed E-state index contributed by atoms with van der Waals surface area (Å²) in [5.74, 6) is -0.323. The number of nitrogen functional groups attached to an aromatic ring is 1. The van der Waals surface area contributed by atoms with Crippen molar-refractivity contribution in [2.24, 2.45) is 0 Å². The summed E-state index contributed by atoms with van der Waals surface area (Å²) < 4.78 is 1.25. The molecule has 8 heteroatoms. The van der Waals surface area contributed by atoms with Crippen LogP contribution in [0.4, 0.5) is 5.69 Å². The topological polar surface area (TPSA) is 90.0 Å². The van der Waals surface area contributed by atoms with Gasteiger partial charge in [-0.25, -0.2) is 4.98 Å². The van der Waals surface area contributed by atoms with Gasteiger partial charge in [0.15, 0.2) is 5.15 Å². The number of aromatic nitrogens is 2. The molecule has 1 aromatic heterocycles. The largest absolute Gasteiger partial charge is 0.399 e. The molecule has 0 aliphatic heterocycles. The molecule has 1 amide bonds. The first-order valence-corrected chi connectivity index (χ1v) is 8.91. The highest BCUT2D eigenvalue weighted by Gasteiger charge is 2.24. The molecule has 0 aliphatic rings. The van der Waals surface area contributed by atoms with Crippen LogP contribution in [0.5, 0.6) is 0 Å². The van der Waals surface area contributed by atoms with Crippen molar-refractivity contribution in [1.82, 2.24) is 14.9 Å². The van der Waals surface area contributed by atoms with Crippen LogP contribution in [0.3, 0.4) is 0 Å². The van der Waals surface area contributed by atoms with Gasteiger partial charge in [-0.15, -0.1) is 0 Å². The van der Waals surface area contributed by atoms with Crippen LogP contribution in [0.25, 0.3) is 0 Å². The van der Waals surface area contributed by atoms with Crippen LogP contribution in [0.15, 0.2) is 16.9 Å². The lowest BCUT2D eigenvalue weighted by Gasteiger charge is -2.23. The summed E-state index contributed by atoms with van der Waals surface area (Å²) in [7, 11) is 0. The van der Waals surface area contributed by atoms with Gasteiger partial charge in [0.05, 0.1) is 11.7 Å². The summed E-state index contributed by atoms with van der Waals surface area (Å²) in [5, 5.41) is 2.77. The van der Waals surface area contributed by atoms with Gasteiger partial charge < -0.3 is 11.1 Å². The third-order valence-electron chi connectivity index (χ3n) is 4.43. The third-order valence-corrected chi connectivity index (χ3v) is 5.03. The van der Waals surface area contributed by atoms with Crippen LogP contribution in [-0.2, 0) is 4.79 Å². The summed E-state index contributed by atoms with van der Waals surface area (Å²) in [6, 6.07) is 2.68. The minimum absolute atomic E-state index is 0.0903. The zero-order valence-corrected chi connectivity index (χ0v) is 16.9. The Labute approximate surface area is 162 Å². The number of carbonyl (C=O) groups excluding carboxylic acids is 1. The Morgan fingerprint density at radius 1 is 1.15 bits per heavy atom. The molecule has 140 valence electrons. The highest BCUT2D eigenvalue weighted by atomic mass is 35.5. The number of benzene rings is 1. The Balaban J connectivity index is 2.33. The Hall–Kier alpha value is -2.05. The average Bonchev–Trinajstić information content (AvgIpc) is 2.52. The fourth-order valence-corrected chi connectivity index (χ4v) is 3.64. The normalized spacial score (nSPS) is 13.3. The van der Waals surface area contributed by atoms with E-state index in [-0.39, 0.29) is 22.3 Å². The molecule has 0 radical (unpaired) electrons. The van der Waals surface area contributed by atoms with E-state index in [4.69, 9.17) is 28.9 Å². The maximum atomic E-state index is 12.7. The van der Waals surface area contributed by atoms with Crippen molar-refractivity contribution >= 4 is 34.8 Å². The van der Waals surface area contributed by atoms with Gasteiger partial charge in [0.1, 0.15) is 11.2 Å². The molecule has 2 atom stereocenters. The lowest BCUT2D eigenvalue weighted by Crippen LogP contribution is -2.38. The van der Waals surface area contributed by atoms with Gasteiger partial charge in [-0.1, -0.05) is 23.2 Å². The average molecular weight is 397 g/mol. The van der Waals surface area contributed by atoms with E-state index in [1.807, 2.05) is 32.9 Å². The van der Waals surface area contributed by atoms with Gasteiger partial charge in [0, 0.05) is 5.69 Å². The number of anilines is 1. The monoisotopic (exact) mass is 396 g/mol. The van der Waals surface area contributed by atoms with E-state index in [9.17, 15) is 9.59 Å². The third kappa shape index (κ3) is 3.86. The second-order valence-electron chi connectivity index (χ2n) is 6.43. The zero-order valence-electron chi connectivity index (χ0n) is 15.4. The standard InChI is InChI=1S/C18H22Cl2N4O2/c1-8-6-13(21)7-9(2)14(8)10(3)22-17(25)12(5)24-11(4)15(19)23-16(20)18(24)26/h6-7,10,12H,21H2,1-5H3,(H,22,25). The quantitative estimate of drug-likeness (QED) is 0.773. The van der Waals surface area contributed by atoms with Crippen molar-refractivity contribution in [3.05, 3.63) is 55.2 Å². The maximum Gasteiger partial charge on any atom is 0.289 e. The van der Waals surface area contributed by atoms with E-state index < -0.39 is 11.6 Å². The zero-order chi connectivity index (χ0) is 19.8. The molecule has 0 fully saturated rings. The summed E-state index contributed by atoms with van der Waals surface area (Å²) in [4.78, 5) is 28.8. The Morgan fingerprint density at radius 3 is 2.23 bits per heavy atom. The van der Waals surface area contributed by atoms with E-state index in [0.717, 1.165) is 16.7 Å². The molecule has 0 spiro atoms. The van der Waals surface area contributed by atoms with E-state index in [2.05, 4.69) is 10.3 Å². The van der Waals surface area contributed by atoms with Crippen LogP contribution in [0, 0.1) is 20.8 Å². The number of nitrogens with zero attached hydrogens (tertiary/aromatic N) is 2. The highest BCUT2D eigenvalue weighted by Crippen LogP contribution is 2.25. The molecule has 0 aliphatic carbocycles. The van der Waals surface area contributed by atoms with E-state index >= 15 is 0 Å². The molecule has 2 aromatic rings. The second kappa shape index (κ2) is 7.68. The summed E-state index contributed by atoms with van der Waals surface area (Å²) in [6.07, 6.45) is 0. The molecule has 0 bridgehead atoms. The molecule has 2 rings (SSSR count). The second-order valence-corrected chi connectivity index (χ2v) is 7.14. The number of halogens is 2. The number of nitrogens with one attached hydrogen (secondary N) is 1. The summed E-state index contributed by atoms with van der Waals surface area (Å²) in [6.45, 7) is 9.02. The Bertz CT molecular complexity index is 901. The van der Waals surface area contributed by atoms with Crippen molar-refractivity contribution in [3.63, 3.8) is 0 Å². The predicted molar refractivity (Wildman–Crippen MR) is 105 cm³/mol. The van der Waals surface area contributed by atoms with E-state index in [1.165, 1.54) is 4.57 Å². The first kappa shape index (κ1) is 20.3. The van der Waals surface area contributed by atoms with Gasteiger partial charge >= 0.3 is 0 Å². The van der Waals surface area contributed by atoms with Gasteiger partial charge in [-0.3, -0.25) is 14.2 Å². The fraction of sp³-hybridized carbons (Fsp3) is 0.389.